The third-order valence-electron chi connectivity index (χ3n) is 4.14. The highest BCUT2D eigenvalue weighted by Gasteiger charge is 2.30. The summed E-state index contributed by atoms with van der Waals surface area (Å²) in [6.07, 6.45) is 2.25. The van der Waals surface area contributed by atoms with Gasteiger partial charge in [0.05, 0.1) is 0 Å². The first-order valence-electron chi connectivity index (χ1n) is 7.56. The molecule has 1 heterocycles. The van der Waals surface area contributed by atoms with Crippen molar-refractivity contribution in [3.8, 4) is 0 Å². The van der Waals surface area contributed by atoms with Crippen LogP contribution in [0.15, 0.2) is 30.3 Å². The van der Waals surface area contributed by atoms with Crippen molar-refractivity contribution in [1.82, 2.24) is 15.2 Å². The molecule has 0 bridgehead atoms. The lowest BCUT2D eigenvalue weighted by atomic mass is 9.93. The number of nitrogens with two attached hydrogens (primary N) is 1. The van der Waals surface area contributed by atoms with Gasteiger partial charge in [0.25, 0.3) is 5.91 Å². The molecule has 1 aromatic carbocycles. The van der Waals surface area contributed by atoms with Crippen molar-refractivity contribution in [3.05, 3.63) is 35.9 Å². The van der Waals surface area contributed by atoms with Gasteiger partial charge < -0.3 is 4.90 Å². The predicted octanol–water partition coefficient (Wildman–Crippen LogP) is 0.991. The van der Waals surface area contributed by atoms with Gasteiger partial charge in [-0.15, -0.1) is 0 Å². The van der Waals surface area contributed by atoms with Crippen LogP contribution in [0.3, 0.4) is 0 Å². The number of hydrazine groups is 1. The van der Waals surface area contributed by atoms with Gasteiger partial charge in [0.2, 0.25) is 0 Å². The van der Waals surface area contributed by atoms with Crippen LogP contribution in [0, 0.1) is 5.92 Å². The minimum Gasteiger partial charge on any atom is -0.309 e. The molecule has 2 rings (SSSR count). The van der Waals surface area contributed by atoms with E-state index in [9.17, 15) is 4.79 Å². The van der Waals surface area contributed by atoms with E-state index in [0.717, 1.165) is 38.0 Å². The minimum absolute atomic E-state index is 0.132. The highest BCUT2D eigenvalue weighted by Crippen LogP contribution is 2.27. The van der Waals surface area contributed by atoms with E-state index >= 15 is 0 Å². The summed E-state index contributed by atoms with van der Waals surface area (Å²) in [5, 5.41) is 0. The molecule has 1 aliphatic rings. The van der Waals surface area contributed by atoms with Gasteiger partial charge in [0.1, 0.15) is 6.04 Å². The Hall–Kier alpha value is -1.43. The largest absolute Gasteiger partial charge is 0.309 e. The van der Waals surface area contributed by atoms with E-state index in [1.165, 1.54) is 0 Å². The van der Waals surface area contributed by atoms with Gasteiger partial charge in [-0.2, -0.15) is 0 Å². The summed E-state index contributed by atoms with van der Waals surface area (Å²) in [6, 6.07) is 9.59. The fourth-order valence-electron chi connectivity index (χ4n) is 3.15. The predicted molar refractivity (Wildman–Crippen MR) is 84.4 cm³/mol. The van der Waals surface area contributed by atoms with Gasteiger partial charge in [-0.25, -0.2) is 5.84 Å². The Morgan fingerprint density at radius 2 is 1.95 bits per heavy atom. The van der Waals surface area contributed by atoms with Crippen LogP contribution >= 0.6 is 0 Å². The second-order valence-electron chi connectivity index (χ2n) is 6.06. The van der Waals surface area contributed by atoms with E-state index in [1.54, 1.807) is 0 Å². The molecule has 21 heavy (non-hydrogen) atoms. The van der Waals surface area contributed by atoms with Crippen molar-refractivity contribution < 1.29 is 4.79 Å². The smallest absolute Gasteiger partial charge is 0.255 e. The van der Waals surface area contributed by atoms with Gasteiger partial charge in [-0.1, -0.05) is 30.3 Å². The van der Waals surface area contributed by atoms with Crippen molar-refractivity contribution in [2.75, 3.05) is 33.7 Å². The molecule has 0 radical (unpaired) electrons. The van der Waals surface area contributed by atoms with Gasteiger partial charge in [0.15, 0.2) is 0 Å². The molecule has 0 aromatic heterocycles. The SMILES string of the molecule is CN(C)CC1CCN(C(C(=O)NN)c2ccccc2)CC1. The molecule has 1 amide bonds. The Kier molecular flexibility index (Phi) is 5.73. The summed E-state index contributed by atoms with van der Waals surface area (Å²) in [4.78, 5) is 16.7. The quantitative estimate of drug-likeness (QED) is 0.482. The zero-order valence-corrected chi connectivity index (χ0v) is 13.0. The number of nitrogens with zero attached hydrogens (tertiary/aromatic N) is 2. The number of nitrogens with one attached hydrogen (secondary N) is 1. The summed E-state index contributed by atoms with van der Waals surface area (Å²) in [7, 11) is 4.22. The zero-order valence-electron chi connectivity index (χ0n) is 13.0. The molecule has 3 N–H and O–H groups in total. The highest BCUT2D eigenvalue weighted by molar-refractivity contribution is 5.82. The molecule has 1 unspecified atom stereocenters. The lowest BCUT2D eigenvalue weighted by Crippen LogP contribution is -2.46. The molecular formula is C16H26N4O. The molecule has 5 nitrogen and oxygen atoms in total. The summed E-state index contributed by atoms with van der Waals surface area (Å²) in [6.45, 7) is 2.99. The number of hydrogen-bond donors (Lipinski definition) is 2. The van der Waals surface area contributed by atoms with E-state index in [4.69, 9.17) is 5.84 Å². The lowest BCUT2D eigenvalue weighted by Gasteiger charge is -2.37. The first-order chi connectivity index (χ1) is 10.1. The van der Waals surface area contributed by atoms with Crippen LogP contribution in [0.5, 0.6) is 0 Å². The zero-order chi connectivity index (χ0) is 15.2. The van der Waals surface area contributed by atoms with Crippen molar-refractivity contribution in [2.45, 2.75) is 18.9 Å². The number of piperidine rings is 1. The molecule has 1 fully saturated rings. The fourth-order valence-corrected chi connectivity index (χ4v) is 3.15. The average molecular weight is 290 g/mol. The van der Waals surface area contributed by atoms with Crippen molar-refractivity contribution in [3.63, 3.8) is 0 Å². The Balaban J connectivity index is 2.05. The monoisotopic (exact) mass is 290 g/mol. The second kappa shape index (κ2) is 7.54. The molecule has 0 spiro atoms. The maximum absolute atomic E-state index is 12.2. The maximum atomic E-state index is 12.2. The van der Waals surface area contributed by atoms with Crippen molar-refractivity contribution in [1.29, 1.82) is 0 Å². The number of carbonyl (C=O) groups excluding carboxylic acids is 1. The minimum atomic E-state index is -0.281. The van der Waals surface area contributed by atoms with E-state index in [1.807, 2.05) is 30.3 Å². The summed E-state index contributed by atoms with van der Waals surface area (Å²) >= 11 is 0. The number of benzene rings is 1. The number of likely N-dealkylation sites (tertiary alicyclic amines) is 1. The lowest BCUT2D eigenvalue weighted by molar-refractivity contribution is -0.127. The van der Waals surface area contributed by atoms with Crippen LogP contribution in [-0.2, 0) is 4.79 Å². The van der Waals surface area contributed by atoms with Crippen LogP contribution in [0.4, 0.5) is 0 Å². The van der Waals surface area contributed by atoms with Gasteiger partial charge in [-0.3, -0.25) is 15.1 Å². The van der Waals surface area contributed by atoms with Crippen LogP contribution in [0.25, 0.3) is 0 Å². The van der Waals surface area contributed by atoms with Gasteiger partial charge >= 0.3 is 0 Å². The van der Waals surface area contributed by atoms with Crippen LogP contribution in [0.2, 0.25) is 0 Å². The van der Waals surface area contributed by atoms with Crippen molar-refractivity contribution in [2.24, 2.45) is 11.8 Å². The number of amides is 1. The molecule has 0 aliphatic carbocycles. The number of carbonyl (C=O) groups is 1. The van der Waals surface area contributed by atoms with E-state index < -0.39 is 0 Å². The Bertz CT molecular complexity index is 441. The molecule has 1 saturated heterocycles. The van der Waals surface area contributed by atoms with Crippen molar-refractivity contribution >= 4 is 5.91 Å². The first kappa shape index (κ1) is 15.9. The summed E-state index contributed by atoms with van der Waals surface area (Å²) < 4.78 is 0. The summed E-state index contributed by atoms with van der Waals surface area (Å²) in [5.41, 5.74) is 3.32. The number of hydrogen-bond acceptors (Lipinski definition) is 4. The molecule has 0 saturated carbocycles. The summed E-state index contributed by atoms with van der Waals surface area (Å²) in [5.74, 6) is 5.96. The van der Waals surface area contributed by atoms with E-state index in [0.29, 0.717) is 5.92 Å². The molecular weight excluding hydrogens is 264 g/mol. The Morgan fingerprint density at radius 3 is 2.48 bits per heavy atom. The second-order valence-corrected chi connectivity index (χ2v) is 6.06. The standard InChI is InChI=1S/C16H26N4O/c1-19(2)12-13-8-10-20(11-9-13)15(16(21)18-17)14-6-4-3-5-7-14/h3-7,13,15H,8-12,17H2,1-2H3,(H,18,21). The van der Waals surface area contributed by atoms with E-state index in [-0.39, 0.29) is 11.9 Å². The van der Waals surface area contributed by atoms with Gasteiger partial charge in [0, 0.05) is 6.54 Å². The average Bonchev–Trinajstić information content (AvgIpc) is 2.49. The molecule has 1 aliphatic heterocycles. The molecule has 1 aromatic rings. The van der Waals surface area contributed by atoms with Crippen LogP contribution in [0.1, 0.15) is 24.4 Å². The van der Waals surface area contributed by atoms with Gasteiger partial charge in [-0.05, 0) is 51.5 Å². The maximum Gasteiger partial charge on any atom is 0.255 e. The fraction of sp³-hybridized carbons (Fsp3) is 0.562. The molecule has 1 atom stereocenters. The number of rotatable bonds is 5. The third-order valence-corrected chi connectivity index (χ3v) is 4.14. The topological polar surface area (TPSA) is 61.6 Å². The van der Waals surface area contributed by atoms with E-state index in [2.05, 4.69) is 29.3 Å². The first-order valence-corrected chi connectivity index (χ1v) is 7.56. The third kappa shape index (κ3) is 4.27. The van der Waals surface area contributed by atoms with Crippen LogP contribution in [-0.4, -0.2) is 49.4 Å². The van der Waals surface area contributed by atoms with Crippen LogP contribution < -0.4 is 11.3 Å². The normalized spacial score (nSPS) is 18.7. The molecule has 5 heteroatoms. The molecule has 116 valence electrons. The Labute approximate surface area is 127 Å². The Morgan fingerprint density at radius 1 is 1.33 bits per heavy atom. The highest BCUT2D eigenvalue weighted by atomic mass is 16.2.